The molecule has 6 heteroatoms. The maximum atomic E-state index is 9.88. The van der Waals surface area contributed by atoms with Gasteiger partial charge in [0, 0.05) is 0 Å². The number of isocyanates is 1. The average molecular weight is 195 g/mol. The first-order valence-electron chi connectivity index (χ1n) is 3.17. The van der Waals surface area contributed by atoms with Crippen LogP contribution in [0.5, 0.6) is 0 Å². The molecule has 11 heavy (non-hydrogen) atoms. The molecule has 4 nitrogen and oxygen atoms in total. The van der Waals surface area contributed by atoms with Crippen LogP contribution in [0.1, 0.15) is 13.8 Å². The van der Waals surface area contributed by atoms with Crippen LogP contribution in [0.2, 0.25) is 0 Å². The second-order valence-corrected chi connectivity index (χ2v) is 4.53. The van der Waals surface area contributed by atoms with E-state index in [0.717, 1.165) is 0 Å². The van der Waals surface area contributed by atoms with Crippen molar-refractivity contribution in [3.63, 3.8) is 0 Å². The quantitative estimate of drug-likeness (QED) is 0.380. The van der Waals surface area contributed by atoms with Crippen molar-refractivity contribution in [1.82, 2.24) is 0 Å². The molecule has 0 aliphatic carbocycles. The minimum Gasteiger partial charge on any atom is -0.312 e. The van der Waals surface area contributed by atoms with Crippen molar-refractivity contribution in [3.8, 4) is 0 Å². The highest BCUT2D eigenvalue weighted by Gasteiger charge is 2.15. The van der Waals surface area contributed by atoms with E-state index in [1.807, 2.05) is 0 Å². The zero-order valence-electron chi connectivity index (χ0n) is 6.44. The predicted octanol–water partition coefficient (Wildman–Crippen LogP) is 1.62. The maximum absolute atomic E-state index is 9.88. The van der Waals surface area contributed by atoms with Crippen LogP contribution in [0.15, 0.2) is 4.76 Å². The van der Waals surface area contributed by atoms with Gasteiger partial charge >= 0.3 is 6.64 Å². The standard InChI is InChI=1S/C5H10NO3PS/c1-3-8-10(11,6-5-7)9-4-2/h3-4H2,1-2H3. The average Bonchev–Trinajstić information content (AvgIpc) is 1.88. The summed E-state index contributed by atoms with van der Waals surface area (Å²) in [4.78, 5) is 9.88. The third kappa shape index (κ3) is 4.40. The molecule has 0 aliphatic heterocycles. The van der Waals surface area contributed by atoms with Gasteiger partial charge in [0.2, 0.25) is 6.08 Å². The van der Waals surface area contributed by atoms with E-state index in [1.54, 1.807) is 13.8 Å². The Kier molecular flexibility index (Phi) is 5.56. The zero-order valence-corrected chi connectivity index (χ0v) is 8.15. The second kappa shape index (κ2) is 5.58. The van der Waals surface area contributed by atoms with Crippen LogP contribution in [0.4, 0.5) is 0 Å². The normalized spacial score (nSPS) is 10.7. The lowest BCUT2D eigenvalue weighted by Crippen LogP contribution is -1.91. The molecule has 0 aromatic carbocycles. The summed E-state index contributed by atoms with van der Waals surface area (Å²) in [6, 6.07) is 0. The molecule has 0 bridgehead atoms. The van der Waals surface area contributed by atoms with Crippen LogP contribution in [-0.4, -0.2) is 19.3 Å². The molecule has 0 fully saturated rings. The molecule has 0 unspecified atom stereocenters. The molecule has 0 heterocycles. The van der Waals surface area contributed by atoms with Gasteiger partial charge in [-0.1, -0.05) is 0 Å². The smallest absolute Gasteiger partial charge is 0.312 e. The molecule has 64 valence electrons. The van der Waals surface area contributed by atoms with Crippen LogP contribution in [0.25, 0.3) is 0 Å². The van der Waals surface area contributed by atoms with E-state index in [0.29, 0.717) is 13.2 Å². The Hall–Kier alpha value is -0.0500. The van der Waals surface area contributed by atoms with Gasteiger partial charge in [0.15, 0.2) is 0 Å². The predicted molar refractivity (Wildman–Crippen MR) is 45.7 cm³/mol. The summed E-state index contributed by atoms with van der Waals surface area (Å²) in [5.41, 5.74) is 0. The molecule has 0 saturated carbocycles. The summed E-state index contributed by atoms with van der Waals surface area (Å²) in [6.07, 6.45) is 1.35. The fourth-order valence-corrected chi connectivity index (χ4v) is 2.15. The molecule has 0 aromatic heterocycles. The van der Waals surface area contributed by atoms with Crippen molar-refractivity contribution < 1.29 is 13.8 Å². The Bertz CT molecular complexity index is 192. The van der Waals surface area contributed by atoms with Crippen LogP contribution in [-0.2, 0) is 25.6 Å². The first-order valence-corrected chi connectivity index (χ1v) is 5.76. The van der Waals surface area contributed by atoms with E-state index in [1.165, 1.54) is 6.08 Å². The van der Waals surface area contributed by atoms with Crippen molar-refractivity contribution >= 4 is 24.5 Å². The number of carbonyl (C=O) groups excluding carboxylic acids is 1. The highest BCUT2D eigenvalue weighted by molar-refractivity contribution is 8.09. The summed E-state index contributed by atoms with van der Waals surface area (Å²) < 4.78 is 13.3. The van der Waals surface area contributed by atoms with E-state index in [-0.39, 0.29) is 0 Å². The monoisotopic (exact) mass is 195 g/mol. The second-order valence-electron chi connectivity index (χ2n) is 1.50. The molecule has 0 spiro atoms. The number of nitrogens with zero attached hydrogens (tertiary/aromatic N) is 1. The van der Waals surface area contributed by atoms with E-state index >= 15 is 0 Å². The lowest BCUT2D eigenvalue weighted by Gasteiger charge is -2.12. The summed E-state index contributed by atoms with van der Waals surface area (Å²) in [5.74, 6) is 0. The molecule has 0 rings (SSSR count). The van der Waals surface area contributed by atoms with E-state index < -0.39 is 6.64 Å². The SMILES string of the molecule is CCOP(=S)(N=C=O)OCC. The van der Waals surface area contributed by atoms with Gasteiger partial charge in [0.25, 0.3) is 0 Å². The van der Waals surface area contributed by atoms with E-state index in [2.05, 4.69) is 4.76 Å². The van der Waals surface area contributed by atoms with Crippen LogP contribution in [0.3, 0.4) is 0 Å². The third-order valence-corrected chi connectivity index (χ3v) is 3.12. The molecule has 0 saturated heterocycles. The van der Waals surface area contributed by atoms with Crippen molar-refractivity contribution in [2.45, 2.75) is 13.8 Å². The van der Waals surface area contributed by atoms with Gasteiger partial charge in [0.1, 0.15) is 0 Å². The Balaban J connectivity index is 4.25. The van der Waals surface area contributed by atoms with E-state index in [4.69, 9.17) is 20.9 Å². The van der Waals surface area contributed by atoms with Crippen LogP contribution in [0, 0.1) is 0 Å². The number of hydrogen-bond acceptors (Lipinski definition) is 4. The molecule has 0 atom stereocenters. The lowest BCUT2D eigenvalue weighted by atomic mass is 10.9. The number of hydrogen-bond donors (Lipinski definition) is 0. The van der Waals surface area contributed by atoms with Gasteiger partial charge in [0.05, 0.1) is 13.2 Å². The summed E-state index contributed by atoms with van der Waals surface area (Å²) in [7, 11) is 0. The van der Waals surface area contributed by atoms with Crippen LogP contribution >= 0.6 is 6.64 Å². The van der Waals surface area contributed by atoms with Gasteiger partial charge in [-0.05, 0) is 25.7 Å². The molecule has 0 N–H and O–H groups in total. The molecule has 0 amide bonds. The summed E-state index contributed by atoms with van der Waals surface area (Å²) in [6.45, 7) is 1.63. The largest absolute Gasteiger partial charge is 0.319 e. The summed E-state index contributed by atoms with van der Waals surface area (Å²) in [5, 5.41) is 0. The highest BCUT2D eigenvalue weighted by Crippen LogP contribution is 2.49. The first-order chi connectivity index (χ1) is 5.18. The van der Waals surface area contributed by atoms with Crippen molar-refractivity contribution in [2.75, 3.05) is 13.2 Å². The van der Waals surface area contributed by atoms with Gasteiger partial charge in [-0.2, -0.15) is 0 Å². The zero-order chi connectivity index (χ0) is 8.74. The van der Waals surface area contributed by atoms with Crippen molar-refractivity contribution in [1.29, 1.82) is 0 Å². The van der Waals surface area contributed by atoms with Gasteiger partial charge in [-0.3, -0.25) is 0 Å². The van der Waals surface area contributed by atoms with Crippen molar-refractivity contribution in [2.24, 2.45) is 4.76 Å². The molecular formula is C5H10NO3PS. The van der Waals surface area contributed by atoms with Gasteiger partial charge < -0.3 is 9.05 Å². The Morgan fingerprint density at radius 3 is 2.18 bits per heavy atom. The fraction of sp³-hybridized carbons (Fsp3) is 0.800. The lowest BCUT2D eigenvalue weighted by molar-refractivity contribution is 0.267. The molecule has 0 aliphatic rings. The minimum absolute atomic E-state index is 0.391. The third-order valence-electron chi connectivity index (χ3n) is 0.748. The Morgan fingerprint density at radius 2 is 1.91 bits per heavy atom. The molecule has 0 aromatic rings. The topological polar surface area (TPSA) is 47.9 Å². The maximum Gasteiger partial charge on any atom is 0.319 e. The van der Waals surface area contributed by atoms with Crippen LogP contribution < -0.4 is 0 Å². The van der Waals surface area contributed by atoms with Gasteiger partial charge in [-0.15, -0.1) is 4.76 Å². The van der Waals surface area contributed by atoms with Crippen molar-refractivity contribution in [3.05, 3.63) is 0 Å². The summed E-state index contributed by atoms with van der Waals surface area (Å²) >= 11 is 4.84. The minimum atomic E-state index is -2.68. The first kappa shape index (κ1) is 11.0. The highest BCUT2D eigenvalue weighted by atomic mass is 32.5. The fourth-order valence-electron chi connectivity index (χ4n) is 0.471. The van der Waals surface area contributed by atoms with E-state index in [9.17, 15) is 4.79 Å². The Labute approximate surface area is 70.8 Å². The van der Waals surface area contributed by atoms with Gasteiger partial charge in [-0.25, -0.2) is 4.79 Å². The number of rotatable bonds is 5. The Morgan fingerprint density at radius 1 is 1.45 bits per heavy atom. The molecular weight excluding hydrogens is 185 g/mol. The molecule has 0 radical (unpaired) electrons.